The summed E-state index contributed by atoms with van der Waals surface area (Å²) in [7, 11) is 2.30. The summed E-state index contributed by atoms with van der Waals surface area (Å²) in [6.45, 7) is 7.85. The van der Waals surface area contributed by atoms with Crippen LogP contribution in [-0.2, 0) is 13.1 Å². The topological polar surface area (TPSA) is 15.3 Å². The van der Waals surface area contributed by atoms with Gasteiger partial charge in [-0.05, 0) is 56.2 Å². The maximum absolute atomic E-state index is 3.50. The van der Waals surface area contributed by atoms with Gasteiger partial charge in [0.15, 0.2) is 0 Å². The number of thiophene rings is 1. The number of rotatable bonds is 7. The molecular formula is C18H30N2S. The van der Waals surface area contributed by atoms with Gasteiger partial charge in [-0.1, -0.05) is 20.3 Å². The molecule has 3 heteroatoms. The molecule has 0 amide bonds. The molecule has 118 valence electrons. The standard InChI is InChI=1S/C18H30N2S/c1-13(2)19-10-17-6-7-18(21-17)12-20(3)11-16-9-14-4-5-15(16)8-14/h6-7,13-16,19H,4-5,8-12H2,1-3H3. The smallest absolute Gasteiger partial charge is 0.0325 e. The molecule has 0 aliphatic heterocycles. The molecule has 1 aromatic heterocycles. The van der Waals surface area contributed by atoms with E-state index < -0.39 is 0 Å². The number of hydrogen-bond donors (Lipinski definition) is 1. The molecule has 3 atom stereocenters. The summed E-state index contributed by atoms with van der Waals surface area (Å²) in [6, 6.07) is 5.18. The van der Waals surface area contributed by atoms with Gasteiger partial charge in [0.1, 0.15) is 0 Å². The lowest BCUT2D eigenvalue weighted by Crippen LogP contribution is -2.28. The maximum atomic E-state index is 3.50. The fraction of sp³-hybridized carbons (Fsp3) is 0.778. The van der Waals surface area contributed by atoms with Crippen LogP contribution < -0.4 is 5.32 Å². The van der Waals surface area contributed by atoms with Crippen molar-refractivity contribution in [1.29, 1.82) is 0 Å². The number of fused-ring (bicyclic) bond motifs is 2. The lowest BCUT2D eigenvalue weighted by molar-refractivity contribution is 0.216. The number of hydrogen-bond acceptors (Lipinski definition) is 3. The lowest BCUT2D eigenvalue weighted by atomic mass is 9.88. The van der Waals surface area contributed by atoms with E-state index in [2.05, 4.69) is 43.2 Å². The highest BCUT2D eigenvalue weighted by atomic mass is 32.1. The zero-order chi connectivity index (χ0) is 14.8. The Balaban J connectivity index is 1.45. The van der Waals surface area contributed by atoms with Gasteiger partial charge >= 0.3 is 0 Å². The molecule has 0 spiro atoms. The Morgan fingerprint density at radius 2 is 2.05 bits per heavy atom. The molecule has 2 nitrogen and oxygen atoms in total. The molecule has 0 radical (unpaired) electrons. The highest BCUT2D eigenvalue weighted by Gasteiger charge is 2.39. The van der Waals surface area contributed by atoms with E-state index in [0.29, 0.717) is 6.04 Å². The van der Waals surface area contributed by atoms with Gasteiger partial charge in [0, 0.05) is 35.4 Å². The summed E-state index contributed by atoms with van der Waals surface area (Å²) >= 11 is 1.97. The molecular weight excluding hydrogens is 276 g/mol. The summed E-state index contributed by atoms with van der Waals surface area (Å²) < 4.78 is 0. The third-order valence-electron chi connectivity index (χ3n) is 5.26. The third-order valence-corrected chi connectivity index (χ3v) is 6.33. The van der Waals surface area contributed by atoms with E-state index in [1.807, 2.05) is 11.3 Å². The van der Waals surface area contributed by atoms with Crippen LogP contribution in [-0.4, -0.2) is 24.5 Å². The van der Waals surface area contributed by atoms with Crippen LogP contribution in [0.4, 0.5) is 0 Å². The van der Waals surface area contributed by atoms with E-state index >= 15 is 0 Å². The van der Waals surface area contributed by atoms with Crippen molar-refractivity contribution in [1.82, 2.24) is 10.2 Å². The Morgan fingerprint density at radius 3 is 2.71 bits per heavy atom. The van der Waals surface area contributed by atoms with Crippen LogP contribution in [0.2, 0.25) is 0 Å². The minimum atomic E-state index is 0.566. The van der Waals surface area contributed by atoms with Gasteiger partial charge in [0.2, 0.25) is 0 Å². The monoisotopic (exact) mass is 306 g/mol. The van der Waals surface area contributed by atoms with Crippen LogP contribution in [0.1, 0.15) is 49.3 Å². The summed E-state index contributed by atoms with van der Waals surface area (Å²) in [6.07, 6.45) is 6.06. The van der Waals surface area contributed by atoms with Crippen molar-refractivity contribution in [2.75, 3.05) is 13.6 Å². The van der Waals surface area contributed by atoms with Crippen molar-refractivity contribution in [3.8, 4) is 0 Å². The molecule has 2 bridgehead atoms. The molecule has 3 unspecified atom stereocenters. The van der Waals surface area contributed by atoms with E-state index in [9.17, 15) is 0 Å². The van der Waals surface area contributed by atoms with Crippen LogP contribution in [0.3, 0.4) is 0 Å². The van der Waals surface area contributed by atoms with Crippen molar-refractivity contribution in [2.24, 2.45) is 17.8 Å². The summed E-state index contributed by atoms with van der Waals surface area (Å²) in [4.78, 5) is 5.53. The number of nitrogens with zero attached hydrogens (tertiary/aromatic N) is 1. The quantitative estimate of drug-likeness (QED) is 0.815. The van der Waals surface area contributed by atoms with E-state index in [1.54, 1.807) is 0 Å². The van der Waals surface area contributed by atoms with Gasteiger partial charge in [0.25, 0.3) is 0 Å². The second kappa shape index (κ2) is 6.80. The molecule has 1 N–H and O–H groups in total. The first-order valence-corrected chi connectivity index (χ1v) is 9.41. The van der Waals surface area contributed by atoms with Crippen molar-refractivity contribution >= 4 is 11.3 Å². The van der Waals surface area contributed by atoms with Crippen LogP contribution in [0.15, 0.2) is 12.1 Å². The minimum Gasteiger partial charge on any atom is -0.310 e. The van der Waals surface area contributed by atoms with Crippen molar-refractivity contribution < 1.29 is 0 Å². The molecule has 0 aromatic carbocycles. The van der Waals surface area contributed by atoms with Crippen LogP contribution in [0.5, 0.6) is 0 Å². The first-order valence-electron chi connectivity index (χ1n) is 8.59. The molecule has 1 aromatic rings. The van der Waals surface area contributed by atoms with E-state index in [4.69, 9.17) is 0 Å². The van der Waals surface area contributed by atoms with Crippen molar-refractivity contribution in [2.45, 2.75) is 58.7 Å². The third kappa shape index (κ3) is 4.08. The lowest BCUT2D eigenvalue weighted by Gasteiger charge is -2.26. The fourth-order valence-electron chi connectivity index (χ4n) is 4.24. The minimum absolute atomic E-state index is 0.566. The fourth-order valence-corrected chi connectivity index (χ4v) is 5.29. The van der Waals surface area contributed by atoms with Gasteiger partial charge in [0.05, 0.1) is 0 Å². The van der Waals surface area contributed by atoms with Gasteiger partial charge in [-0.2, -0.15) is 0 Å². The predicted octanol–water partition coefficient (Wildman–Crippen LogP) is 4.11. The van der Waals surface area contributed by atoms with E-state index in [1.165, 1.54) is 42.0 Å². The van der Waals surface area contributed by atoms with Crippen molar-refractivity contribution in [3.05, 3.63) is 21.9 Å². The molecule has 21 heavy (non-hydrogen) atoms. The van der Waals surface area contributed by atoms with Gasteiger partial charge in [-0.25, -0.2) is 0 Å². The van der Waals surface area contributed by atoms with E-state index in [-0.39, 0.29) is 0 Å². The Morgan fingerprint density at radius 1 is 1.24 bits per heavy atom. The normalized spacial score (nSPS) is 28.1. The Hall–Kier alpha value is -0.380. The zero-order valence-corrected chi connectivity index (χ0v) is 14.6. The largest absolute Gasteiger partial charge is 0.310 e. The first kappa shape index (κ1) is 15.5. The first-order chi connectivity index (χ1) is 10.1. The van der Waals surface area contributed by atoms with Gasteiger partial charge in [-0.3, -0.25) is 0 Å². The van der Waals surface area contributed by atoms with Crippen LogP contribution >= 0.6 is 11.3 Å². The second-order valence-electron chi connectivity index (χ2n) is 7.54. The van der Waals surface area contributed by atoms with E-state index in [0.717, 1.165) is 30.8 Å². The molecule has 2 aliphatic rings. The van der Waals surface area contributed by atoms with Crippen LogP contribution in [0.25, 0.3) is 0 Å². The van der Waals surface area contributed by atoms with Crippen molar-refractivity contribution in [3.63, 3.8) is 0 Å². The zero-order valence-electron chi connectivity index (χ0n) is 13.8. The molecule has 1 heterocycles. The van der Waals surface area contributed by atoms with Gasteiger partial charge in [-0.15, -0.1) is 11.3 Å². The predicted molar refractivity (Wildman–Crippen MR) is 91.6 cm³/mol. The molecule has 3 rings (SSSR count). The summed E-state index contributed by atoms with van der Waals surface area (Å²) in [5, 5.41) is 3.50. The summed E-state index contributed by atoms with van der Waals surface area (Å²) in [5.74, 6) is 3.10. The SMILES string of the molecule is CC(C)NCc1ccc(CN(C)CC2CC3CCC2C3)s1. The summed E-state index contributed by atoms with van der Waals surface area (Å²) in [5.41, 5.74) is 0. The average Bonchev–Trinajstić information content (AvgIpc) is 3.12. The molecule has 0 saturated heterocycles. The number of nitrogens with one attached hydrogen (secondary N) is 1. The second-order valence-corrected chi connectivity index (χ2v) is 8.79. The van der Waals surface area contributed by atoms with Gasteiger partial charge < -0.3 is 10.2 Å². The molecule has 2 aliphatic carbocycles. The molecule has 2 saturated carbocycles. The van der Waals surface area contributed by atoms with Crippen LogP contribution in [0, 0.1) is 17.8 Å². The average molecular weight is 307 g/mol. The highest BCUT2D eigenvalue weighted by Crippen LogP contribution is 2.48. The Labute approximate surface area is 133 Å². The Bertz CT molecular complexity index is 454. The molecule has 2 fully saturated rings. The highest BCUT2D eigenvalue weighted by molar-refractivity contribution is 7.11. The Kier molecular flexibility index (Phi) is 5.03. The maximum Gasteiger partial charge on any atom is 0.0325 e.